The summed E-state index contributed by atoms with van der Waals surface area (Å²) in [7, 11) is 0. The van der Waals surface area contributed by atoms with Gasteiger partial charge in [0.15, 0.2) is 5.43 Å². The third-order valence-corrected chi connectivity index (χ3v) is 5.64. The fourth-order valence-electron chi connectivity index (χ4n) is 4.01. The van der Waals surface area contributed by atoms with Crippen LogP contribution in [0.2, 0.25) is 0 Å². The maximum atomic E-state index is 13.5. The van der Waals surface area contributed by atoms with Crippen LogP contribution in [0, 0.1) is 6.92 Å². The first-order chi connectivity index (χ1) is 15.6. The predicted octanol–water partition coefficient (Wildman–Crippen LogP) is 5.83. The van der Waals surface area contributed by atoms with E-state index >= 15 is 0 Å². The zero-order chi connectivity index (χ0) is 22.3. The molecule has 0 aliphatic heterocycles. The van der Waals surface area contributed by atoms with Crippen molar-refractivity contribution in [2.24, 2.45) is 0 Å². The van der Waals surface area contributed by atoms with Crippen LogP contribution in [-0.2, 0) is 19.6 Å². The van der Waals surface area contributed by atoms with Gasteiger partial charge in [-0.15, -0.1) is 0 Å². The molecule has 3 aromatic carbocycles. The standard InChI is InChI=1S/C28H30N2O2/c1-3-16-32-24-14-15-27-25(17-24)28(31)26(21(2)29-27)20-30(18-22-10-6-4-7-11-22)19-23-12-8-5-9-13-23/h4-15,17H,3,16,18-20H2,1-2H3,(H,29,31). The molecule has 0 amide bonds. The van der Waals surface area contributed by atoms with E-state index in [1.807, 2.05) is 37.3 Å². The molecule has 1 heterocycles. The number of benzene rings is 3. The van der Waals surface area contributed by atoms with Gasteiger partial charge in [-0.3, -0.25) is 9.69 Å². The molecule has 0 saturated heterocycles. The highest BCUT2D eigenvalue weighted by atomic mass is 16.5. The summed E-state index contributed by atoms with van der Waals surface area (Å²) in [5, 5.41) is 0.679. The first kappa shape index (κ1) is 21.8. The molecule has 164 valence electrons. The maximum Gasteiger partial charge on any atom is 0.194 e. The number of ether oxygens (including phenoxy) is 1. The average molecular weight is 427 g/mol. The van der Waals surface area contributed by atoms with Crippen molar-refractivity contribution in [2.75, 3.05) is 6.61 Å². The molecule has 32 heavy (non-hydrogen) atoms. The first-order valence-corrected chi connectivity index (χ1v) is 11.2. The summed E-state index contributed by atoms with van der Waals surface area (Å²) in [6, 6.07) is 26.5. The van der Waals surface area contributed by atoms with Crippen LogP contribution in [0.1, 0.15) is 35.7 Å². The Balaban J connectivity index is 1.68. The largest absolute Gasteiger partial charge is 0.494 e. The second-order valence-corrected chi connectivity index (χ2v) is 8.23. The van der Waals surface area contributed by atoms with Crippen LogP contribution < -0.4 is 10.2 Å². The molecule has 0 unspecified atom stereocenters. The highest BCUT2D eigenvalue weighted by Gasteiger charge is 2.15. The average Bonchev–Trinajstić information content (AvgIpc) is 2.82. The van der Waals surface area contributed by atoms with Gasteiger partial charge in [-0.05, 0) is 42.7 Å². The second kappa shape index (κ2) is 10.3. The minimum absolute atomic E-state index is 0.0734. The zero-order valence-corrected chi connectivity index (χ0v) is 18.8. The van der Waals surface area contributed by atoms with Crippen molar-refractivity contribution in [3.63, 3.8) is 0 Å². The molecule has 0 spiro atoms. The monoisotopic (exact) mass is 426 g/mol. The van der Waals surface area contributed by atoms with E-state index in [2.05, 4.69) is 65.3 Å². The van der Waals surface area contributed by atoms with Gasteiger partial charge in [-0.25, -0.2) is 0 Å². The van der Waals surface area contributed by atoms with Gasteiger partial charge < -0.3 is 9.72 Å². The van der Waals surface area contributed by atoms with Crippen LogP contribution in [0.15, 0.2) is 83.7 Å². The molecule has 4 aromatic rings. The summed E-state index contributed by atoms with van der Waals surface area (Å²) in [5.41, 5.74) is 5.09. The summed E-state index contributed by atoms with van der Waals surface area (Å²) >= 11 is 0. The Bertz CT molecular complexity index is 1180. The van der Waals surface area contributed by atoms with Crippen molar-refractivity contribution in [3.8, 4) is 5.75 Å². The highest BCUT2D eigenvalue weighted by Crippen LogP contribution is 2.21. The Hall–Kier alpha value is -3.37. The van der Waals surface area contributed by atoms with Gasteiger partial charge in [-0.1, -0.05) is 67.6 Å². The van der Waals surface area contributed by atoms with Crippen LogP contribution in [0.5, 0.6) is 5.75 Å². The number of hydrogen-bond donors (Lipinski definition) is 1. The number of aromatic amines is 1. The van der Waals surface area contributed by atoms with E-state index in [1.54, 1.807) is 0 Å². The van der Waals surface area contributed by atoms with Gasteiger partial charge >= 0.3 is 0 Å². The van der Waals surface area contributed by atoms with Gasteiger partial charge in [0.25, 0.3) is 0 Å². The fourth-order valence-corrected chi connectivity index (χ4v) is 4.01. The number of pyridine rings is 1. The van der Waals surface area contributed by atoms with Crippen molar-refractivity contribution < 1.29 is 4.74 Å². The lowest BCUT2D eigenvalue weighted by Crippen LogP contribution is -2.27. The minimum atomic E-state index is 0.0734. The lowest BCUT2D eigenvalue weighted by molar-refractivity contribution is 0.246. The number of nitrogens with zero attached hydrogens (tertiary/aromatic N) is 1. The predicted molar refractivity (Wildman–Crippen MR) is 131 cm³/mol. The van der Waals surface area contributed by atoms with Crippen LogP contribution >= 0.6 is 0 Å². The molecule has 0 bridgehead atoms. The minimum Gasteiger partial charge on any atom is -0.494 e. The Morgan fingerprint density at radius 1 is 0.844 bits per heavy atom. The van der Waals surface area contributed by atoms with Crippen molar-refractivity contribution in [1.29, 1.82) is 0 Å². The Morgan fingerprint density at radius 3 is 2.06 bits per heavy atom. The lowest BCUT2D eigenvalue weighted by Gasteiger charge is -2.23. The van der Waals surface area contributed by atoms with Gasteiger partial charge in [0.05, 0.1) is 6.61 Å². The van der Waals surface area contributed by atoms with Crippen LogP contribution in [0.25, 0.3) is 10.9 Å². The van der Waals surface area contributed by atoms with Gasteiger partial charge in [0.1, 0.15) is 5.75 Å². The molecule has 1 N–H and O–H groups in total. The van der Waals surface area contributed by atoms with E-state index in [0.29, 0.717) is 18.5 Å². The van der Waals surface area contributed by atoms with E-state index in [-0.39, 0.29) is 5.43 Å². The fraction of sp³-hybridized carbons (Fsp3) is 0.250. The van der Waals surface area contributed by atoms with E-state index in [0.717, 1.165) is 42.0 Å². The van der Waals surface area contributed by atoms with E-state index in [1.165, 1.54) is 11.1 Å². The summed E-state index contributed by atoms with van der Waals surface area (Å²) in [4.78, 5) is 19.3. The maximum absolute atomic E-state index is 13.5. The second-order valence-electron chi connectivity index (χ2n) is 8.23. The lowest BCUT2D eigenvalue weighted by atomic mass is 10.1. The first-order valence-electron chi connectivity index (χ1n) is 11.2. The molecular weight excluding hydrogens is 396 g/mol. The quantitative estimate of drug-likeness (QED) is 0.366. The smallest absolute Gasteiger partial charge is 0.194 e. The highest BCUT2D eigenvalue weighted by molar-refractivity contribution is 5.81. The Kier molecular flexibility index (Phi) is 7.03. The summed E-state index contributed by atoms with van der Waals surface area (Å²) in [5.74, 6) is 0.741. The van der Waals surface area contributed by atoms with Crippen molar-refractivity contribution in [3.05, 3.63) is 111 Å². The SMILES string of the molecule is CCCOc1ccc2[nH]c(C)c(CN(Cc3ccccc3)Cc3ccccc3)c(=O)c2c1. The Morgan fingerprint density at radius 2 is 1.47 bits per heavy atom. The van der Waals surface area contributed by atoms with E-state index < -0.39 is 0 Å². The number of aromatic nitrogens is 1. The Labute approximate surface area is 189 Å². The number of rotatable bonds is 9. The van der Waals surface area contributed by atoms with E-state index in [4.69, 9.17) is 4.74 Å². The number of hydrogen-bond acceptors (Lipinski definition) is 3. The van der Waals surface area contributed by atoms with Gasteiger partial charge in [0.2, 0.25) is 0 Å². The number of aryl methyl sites for hydroxylation is 1. The summed E-state index contributed by atoms with van der Waals surface area (Å²) in [6.45, 7) is 6.81. The van der Waals surface area contributed by atoms with Gasteiger partial charge in [-0.2, -0.15) is 0 Å². The molecule has 0 fully saturated rings. The topological polar surface area (TPSA) is 45.3 Å². The number of H-pyrrole nitrogens is 1. The third kappa shape index (κ3) is 5.27. The molecule has 4 nitrogen and oxygen atoms in total. The molecule has 0 aliphatic carbocycles. The van der Waals surface area contributed by atoms with Crippen molar-refractivity contribution in [2.45, 2.75) is 39.9 Å². The molecule has 0 aliphatic rings. The molecule has 1 aromatic heterocycles. The van der Waals surface area contributed by atoms with Crippen LogP contribution in [0.4, 0.5) is 0 Å². The van der Waals surface area contributed by atoms with Crippen LogP contribution in [0.3, 0.4) is 0 Å². The summed E-state index contributed by atoms with van der Waals surface area (Å²) in [6.07, 6.45) is 0.932. The van der Waals surface area contributed by atoms with Gasteiger partial charge in [0, 0.05) is 41.8 Å². The normalized spacial score (nSPS) is 11.2. The number of fused-ring (bicyclic) bond motifs is 1. The molecule has 0 radical (unpaired) electrons. The van der Waals surface area contributed by atoms with Crippen molar-refractivity contribution >= 4 is 10.9 Å². The van der Waals surface area contributed by atoms with Crippen LogP contribution in [-0.4, -0.2) is 16.5 Å². The molecule has 4 rings (SSSR count). The zero-order valence-electron chi connectivity index (χ0n) is 18.8. The van der Waals surface area contributed by atoms with E-state index in [9.17, 15) is 4.79 Å². The third-order valence-electron chi connectivity index (χ3n) is 5.64. The molecule has 4 heteroatoms. The molecular formula is C28H30N2O2. The summed E-state index contributed by atoms with van der Waals surface area (Å²) < 4.78 is 5.76. The molecule has 0 atom stereocenters. The molecule has 0 saturated carbocycles. The number of nitrogens with one attached hydrogen (secondary N) is 1. The van der Waals surface area contributed by atoms with Crippen molar-refractivity contribution in [1.82, 2.24) is 9.88 Å².